The van der Waals surface area contributed by atoms with E-state index in [1.165, 1.54) is 0 Å². The Morgan fingerprint density at radius 2 is 1.88 bits per heavy atom. The quantitative estimate of drug-likeness (QED) is 0.743. The van der Waals surface area contributed by atoms with Crippen LogP contribution in [-0.2, 0) is 10.2 Å². The smallest absolute Gasteiger partial charge is 0.180 e. The van der Waals surface area contributed by atoms with Crippen LogP contribution in [-0.4, -0.2) is 45.5 Å². The van der Waals surface area contributed by atoms with Crippen LogP contribution in [0.1, 0.15) is 47.1 Å². The van der Waals surface area contributed by atoms with E-state index in [0.29, 0.717) is 13.2 Å². The Hall–Kier alpha value is -1.82. The van der Waals surface area contributed by atoms with Crippen LogP contribution in [0.4, 0.5) is 5.82 Å². The lowest BCUT2D eigenvalue weighted by Crippen LogP contribution is -2.57. The SMILES string of the molecule is CC(C)(C)c1cnn2cc3c(nc12)N(C(C)(C)C)[C@@H]1COC[C@@H]1O3. The van der Waals surface area contributed by atoms with Gasteiger partial charge in [-0.05, 0) is 26.2 Å². The largest absolute Gasteiger partial charge is 0.480 e. The average Bonchev–Trinajstić information content (AvgIpc) is 3.05. The molecule has 1 fully saturated rings. The van der Waals surface area contributed by atoms with Gasteiger partial charge in [0.05, 0.1) is 31.6 Å². The summed E-state index contributed by atoms with van der Waals surface area (Å²) in [5.41, 5.74) is 1.97. The summed E-state index contributed by atoms with van der Waals surface area (Å²) in [5, 5.41) is 4.49. The molecule has 1 saturated heterocycles. The van der Waals surface area contributed by atoms with E-state index in [1.807, 2.05) is 16.9 Å². The highest BCUT2D eigenvalue weighted by molar-refractivity contribution is 5.63. The van der Waals surface area contributed by atoms with Crippen LogP contribution in [0.25, 0.3) is 5.65 Å². The summed E-state index contributed by atoms with van der Waals surface area (Å²) >= 11 is 0. The van der Waals surface area contributed by atoms with Crippen molar-refractivity contribution >= 4 is 11.5 Å². The maximum Gasteiger partial charge on any atom is 0.180 e. The molecule has 2 atom stereocenters. The Bertz CT molecular complexity index is 785. The Balaban J connectivity index is 1.93. The molecule has 2 aliphatic heterocycles. The van der Waals surface area contributed by atoms with Gasteiger partial charge in [0, 0.05) is 11.1 Å². The highest BCUT2D eigenvalue weighted by Gasteiger charge is 2.45. The summed E-state index contributed by atoms with van der Waals surface area (Å²) in [6.45, 7) is 14.5. The van der Waals surface area contributed by atoms with Crippen molar-refractivity contribution in [1.29, 1.82) is 0 Å². The Kier molecular flexibility index (Phi) is 3.17. The summed E-state index contributed by atoms with van der Waals surface area (Å²) in [6, 6.07) is 0.202. The molecular formula is C18H26N4O2. The predicted molar refractivity (Wildman–Crippen MR) is 92.9 cm³/mol. The third-order valence-corrected chi connectivity index (χ3v) is 4.81. The minimum absolute atomic E-state index is 0.00984. The number of aromatic nitrogens is 3. The maximum absolute atomic E-state index is 6.19. The normalized spacial score (nSPS) is 24.0. The molecule has 2 aliphatic rings. The van der Waals surface area contributed by atoms with Crippen molar-refractivity contribution in [2.45, 2.75) is 64.6 Å². The van der Waals surface area contributed by atoms with Crippen molar-refractivity contribution in [3.63, 3.8) is 0 Å². The van der Waals surface area contributed by atoms with E-state index in [4.69, 9.17) is 14.5 Å². The number of anilines is 1. The molecule has 6 heteroatoms. The molecule has 4 rings (SSSR count). The second kappa shape index (κ2) is 4.85. The molecule has 130 valence electrons. The summed E-state index contributed by atoms with van der Waals surface area (Å²) in [4.78, 5) is 7.36. The lowest BCUT2D eigenvalue weighted by molar-refractivity contribution is 0.133. The number of hydrogen-bond donors (Lipinski definition) is 0. The van der Waals surface area contributed by atoms with Crippen molar-refractivity contribution in [3.05, 3.63) is 18.0 Å². The maximum atomic E-state index is 6.19. The Labute approximate surface area is 142 Å². The van der Waals surface area contributed by atoms with Gasteiger partial charge in [0.1, 0.15) is 6.10 Å². The summed E-state index contributed by atoms with van der Waals surface area (Å²) < 4.78 is 13.7. The highest BCUT2D eigenvalue weighted by atomic mass is 16.6. The van der Waals surface area contributed by atoms with Gasteiger partial charge >= 0.3 is 0 Å². The monoisotopic (exact) mass is 330 g/mol. The first-order valence-electron chi connectivity index (χ1n) is 8.59. The summed E-state index contributed by atoms with van der Waals surface area (Å²) in [5.74, 6) is 1.68. The van der Waals surface area contributed by atoms with Gasteiger partial charge in [0.15, 0.2) is 17.2 Å². The van der Waals surface area contributed by atoms with Crippen LogP contribution in [0.2, 0.25) is 0 Å². The molecule has 0 N–H and O–H groups in total. The van der Waals surface area contributed by atoms with E-state index in [1.54, 1.807) is 0 Å². The van der Waals surface area contributed by atoms with Gasteiger partial charge in [-0.1, -0.05) is 20.8 Å². The zero-order valence-corrected chi connectivity index (χ0v) is 15.3. The molecule has 2 aromatic heterocycles. The molecule has 0 bridgehead atoms. The van der Waals surface area contributed by atoms with Gasteiger partial charge < -0.3 is 14.4 Å². The summed E-state index contributed by atoms with van der Waals surface area (Å²) in [6.07, 6.45) is 3.92. The predicted octanol–water partition coefficient (Wildman–Crippen LogP) is 2.79. The molecule has 0 saturated carbocycles. The molecule has 0 aromatic carbocycles. The van der Waals surface area contributed by atoms with Crippen molar-refractivity contribution in [3.8, 4) is 5.75 Å². The van der Waals surface area contributed by atoms with Gasteiger partial charge in [-0.25, -0.2) is 9.50 Å². The first kappa shape index (κ1) is 15.7. The van der Waals surface area contributed by atoms with Crippen LogP contribution >= 0.6 is 0 Å². The number of rotatable bonds is 0. The molecule has 0 radical (unpaired) electrons. The molecule has 2 aromatic rings. The van der Waals surface area contributed by atoms with E-state index in [-0.39, 0.29) is 23.1 Å². The van der Waals surface area contributed by atoms with E-state index < -0.39 is 0 Å². The van der Waals surface area contributed by atoms with Crippen molar-refractivity contribution in [2.75, 3.05) is 18.1 Å². The van der Waals surface area contributed by atoms with Crippen LogP contribution in [0.3, 0.4) is 0 Å². The van der Waals surface area contributed by atoms with E-state index in [2.05, 4.69) is 51.5 Å². The molecule has 0 aliphatic carbocycles. The zero-order valence-electron chi connectivity index (χ0n) is 15.3. The van der Waals surface area contributed by atoms with E-state index in [0.717, 1.165) is 22.8 Å². The molecule has 0 spiro atoms. The minimum Gasteiger partial charge on any atom is -0.480 e. The number of hydrogen-bond acceptors (Lipinski definition) is 5. The fourth-order valence-corrected chi connectivity index (χ4v) is 3.68. The molecule has 0 amide bonds. The molecule has 4 heterocycles. The Morgan fingerprint density at radius 3 is 2.54 bits per heavy atom. The molecule has 6 nitrogen and oxygen atoms in total. The molecular weight excluding hydrogens is 304 g/mol. The van der Waals surface area contributed by atoms with Crippen molar-refractivity contribution in [2.24, 2.45) is 0 Å². The van der Waals surface area contributed by atoms with Crippen molar-refractivity contribution in [1.82, 2.24) is 14.6 Å². The first-order valence-corrected chi connectivity index (χ1v) is 8.59. The fourth-order valence-electron chi connectivity index (χ4n) is 3.68. The minimum atomic E-state index is -0.0671. The fraction of sp³-hybridized carbons (Fsp3) is 0.667. The molecule has 0 unspecified atom stereocenters. The van der Waals surface area contributed by atoms with Crippen molar-refractivity contribution < 1.29 is 9.47 Å². The van der Waals surface area contributed by atoms with Gasteiger partial charge in [0.2, 0.25) is 0 Å². The highest BCUT2D eigenvalue weighted by Crippen LogP contribution is 2.41. The van der Waals surface area contributed by atoms with Crippen LogP contribution < -0.4 is 9.64 Å². The van der Waals surface area contributed by atoms with E-state index >= 15 is 0 Å². The first-order chi connectivity index (χ1) is 11.2. The van der Waals surface area contributed by atoms with Gasteiger partial charge in [-0.3, -0.25) is 0 Å². The van der Waals surface area contributed by atoms with Gasteiger partial charge in [-0.15, -0.1) is 0 Å². The lowest BCUT2D eigenvalue weighted by Gasteiger charge is -2.46. The van der Waals surface area contributed by atoms with E-state index in [9.17, 15) is 0 Å². The standard InChI is InChI=1S/C18H26N4O2/c1-17(2,3)11-7-19-21-8-13-16(20-15(11)21)22(18(4,5)6)12-9-23-10-14(12)24-13/h7-8,12,14H,9-10H2,1-6H3/t12-,14+/m1/s1. The summed E-state index contributed by atoms with van der Waals surface area (Å²) in [7, 11) is 0. The number of fused-ring (bicyclic) bond motifs is 3. The zero-order chi connectivity index (χ0) is 17.3. The lowest BCUT2D eigenvalue weighted by atomic mass is 9.89. The average molecular weight is 330 g/mol. The third-order valence-electron chi connectivity index (χ3n) is 4.81. The van der Waals surface area contributed by atoms with Crippen LogP contribution in [0, 0.1) is 0 Å². The third kappa shape index (κ3) is 2.27. The number of ether oxygens (including phenoxy) is 2. The number of nitrogens with zero attached hydrogens (tertiary/aromatic N) is 4. The van der Waals surface area contributed by atoms with Crippen LogP contribution in [0.15, 0.2) is 12.4 Å². The molecule has 24 heavy (non-hydrogen) atoms. The second-order valence-electron chi connectivity index (χ2n) is 8.81. The Morgan fingerprint density at radius 1 is 1.12 bits per heavy atom. The topological polar surface area (TPSA) is 51.9 Å². The van der Waals surface area contributed by atoms with Gasteiger partial charge in [0.25, 0.3) is 0 Å². The van der Waals surface area contributed by atoms with Crippen LogP contribution in [0.5, 0.6) is 5.75 Å². The second-order valence-corrected chi connectivity index (χ2v) is 8.81. The van der Waals surface area contributed by atoms with Gasteiger partial charge in [-0.2, -0.15) is 5.10 Å².